The molecule has 0 heterocycles. The molecule has 0 aliphatic heterocycles. The van der Waals surface area contributed by atoms with E-state index in [-0.39, 0.29) is 17.1 Å². The van der Waals surface area contributed by atoms with E-state index in [0.29, 0.717) is 16.3 Å². The van der Waals surface area contributed by atoms with Crippen molar-refractivity contribution in [2.24, 2.45) is 5.10 Å². The summed E-state index contributed by atoms with van der Waals surface area (Å²) in [5.41, 5.74) is 2.61. The van der Waals surface area contributed by atoms with Gasteiger partial charge in [0.15, 0.2) is 11.5 Å². The molecule has 0 atom stereocenters. The Morgan fingerprint density at radius 3 is 2.82 bits per heavy atom. The molecule has 2 aromatic rings. The molecule has 0 unspecified atom stereocenters. The van der Waals surface area contributed by atoms with Crippen LogP contribution in [0.1, 0.15) is 15.9 Å². The van der Waals surface area contributed by atoms with Gasteiger partial charge in [-0.3, -0.25) is 4.79 Å². The van der Waals surface area contributed by atoms with Crippen molar-refractivity contribution in [1.29, 1.82) is 0 Å². The Kier molecular flexibility index (Phi) is 4.85. The van der Waals surface area contributed by atoms with E-state index in [0.717, 1.165) is 0 Å². The lowest BCUT2D eigenvalue weighted by Gasteiger charge is -2.05. The Hall–Kier alpha value is -2.73. The van der Waals surface area contributed by atoms with Crippen LogP contribution in [-0.4, -0.2) is 29.4 Å². The van der Waals surface area contributed by atoms with E-state index in [2.05, 4.69) is 10.5 Å². The second-order valence-electron chi connectivity index (χ2n) is 4.26. The summed E-state index contributed by atoms with van der Waals surface area (Å²) in [5, 5.41) is 23.5. The first kappa shape index (κ1) is 15.7. The van der Waals surface area contributed by atoms with Gasteiger partial charge in [0.05, 0.1) is 18.9 Å². The highest BCUT2D eigenvalue weighted by Crippen LogP contribution is 2.28. The molecule has 22 heavy (non-hydrogen) atoms. The van der Waals surface area contributed by atoms with Crippen LogP contribution in [0.4, 0.5) is 0 Å². The molecule has 0 radical (unpaired) electrons. The van der Waals surface area contributed by atoms with E-state index in [4.69, 9.17) is 16.3 Å². The van der Waals surface area contributed by atoms with E-state index in [1.807, 2.05) is 0 Å². The van der Waals surface area contributed by atoms with Crippen LogP contribution < -0.4 is 10.2 Å². The van der Waals surface area contributed by atoms with Gasteiger partial charge in [0.1, 0.15) is 5.75 Å². The number of phenols is 2. The number of carbonyl (C=O) groups is 1. The highest BCUT2D eigenvalue weighted by molar-refractivity contribution is 6.31. The summed E-state index contributed by atoms with van der Waals surface area (Å²) in [4.78, 5) is 11.9. The van der Waals surface area contributed by atoms with Gasteiger partial charge in [-0.2, -0.15) is 5.10 Å². The maximum atomic E-state index is 11.9. The molecular formula is C15H13ClN2O4. The molecule has 0 saturated carbocycles. The largest absolute Gasteiger partial charge is 0.507 e. The zero-order chi connectivity index (χ0) is 16.1. The number of aromatic hydroxyl groups is 2. The summed E-state index contributed by atoms with van der Waals surface area (Å²) >= 11 is 5.77. The zero-order valence-corrected chi connectivity index (χ0v) is 12.3. The molecule has 0 aliphatic rings. The number of carbonyl (C=O) groups excluding carboxylic acids is 1. The van der Waals surface area contributed by atoms with E-state index >= 15 is 0 Å². The van der Waals surface area contributed by atoms with Gasteiger partial charge in [0, 0.05) is 10.6 Å². The van der Waals surface area contributed by atoms with Crippen molar-refractivity contribution in [3.63, 3.8) is 0 Å². The number of amides is 1. The van der Waals surface area contributed by atoms with Gasteiger partial charge in [-0.05, 0) is 30.3 Å². The van der Waals surface area contributed by atoms with Crippen LogP contribution in [0.2, 0.25) is 5.02 Å². The molecule has 2 rings (SSSR count). The van der Waals surface area contributed by atoms with Gasteiger partial charge < -0.3 is 14.9 Å². The molecule has 0 aliphatic carbocycles. The zero-order valence-electron chi connectivity index (χ0n) is 11.6. The Morgan fingerprint density at radius 1 is 1.32 bits per heavy atom. The number of hydrogen-bond acceptors (Lipinski definition) is 5. The third-order valence-corrected chi connectivity index (χ3v) is 3.06. The van der Waals surface area contributed by atoms with Crippen LogP contribution >= 0.6 is 11.6 Å². The van der Waals surface area contributed by atoms with Crippen molar-refractivity contribution in [2.45, 2.75) is 0 Å². The number of para-hydroxylation sites is 1. The molecule has 7 heteroatoms. The minimum atomic E-state index is -0.626. The number of nitrogens with one attached hydrogen (secondary N) is 1. The summed E-state index contributed by atoms with van der Waals surface area (Å²) < 4.78 is 4.96. The highest BCUT2D eigenvalue weighted by Gasteiger charge is 2.11. The first-order valence-electron chi connectivity index (χ1n) is 6.21. The van der Waals surface area contributed by atoms with Crippen LogP contribution in [0, 0.1) is 0 Å². The third kappa shape index (κ3) is 3.48. The van der Waals surface area contributed by atoms with Crippen molar-refractivity contribution in [3.8, 4) is 17.2 Å². The standard InChI is InChI=1S/C15H13ClN2O4/c1-22-13-4-2-3-9(14(13)20)8-17-18-15(21)11-7-10(16)5-6-12(11)19/h2-8,19-20H,1H3,(H,18,21). The molecule has 1 amide bonds. The van der Waals surface area contributed by atoms with Crippen molar-refractivity contribution < 1.29 is 19.7 Å². The minimum absolute atomic E-state index is 0.000450. The SMILES string of the molecule is COc1cccc(C=NNC(=O)c2cc(Cl)ccc2O)c1O. The lowest BCUT2D eigenvalue weighted by molar-refractivity contribution is 0.0952. The number of phenolic OH excluding ortho intramolecular Hbond substituents is 2. The quantitative estimate of drug-likeness (QED) is 0.596. The van der Waals surface area contributed by atoms with E-state index < -0.39 is 5.91 Å². The number of methoxy groups -OCH3 is 1. The maximum Gasteiger partial charge on any atom is 0.275 e. The number of ether oxygens (including phenoxy) is 1. The predicted molar refractivity (Wildman–Crippen MR) is 82.8 cm³/mol. The summed E-state index contributed by atoms with van der Waals surface area (Å²) in [6.45, 7) is 0. The number of hydrogen-bond donors (Lipinski definition) is 3. The Morgan fingerprint density at radius 2 is 2.09 bits per heavy atom. The Balaban J connectivity index is 2.12. The van der Waals surface area contributed by atoms with Crippen molar-refractivity contribution >= 4 is 23.7 Å². The van der Waals surface area contributed by atoms with Gasteiger partial charge in [0.25, 0.3) is 5.91 Å². The average molecular weight is 321 g/mol. The number of hydrazone groups is 1. The van der Waals surface area contributed by atoms with Gasteiger partial charge >= 0.3 is 0 Å². The minimum Gasteiger partial charge on any atom is -0.507 e. The topological polar surface area (TPSA) is 91.2 Å². The summed E-state index contributed by atoms with van der Waals surface area (Å²) in [6.07, 6.45) is 1.26. The van der Waals surface area contributed by atoms with Crippen molar-refractivity contribution in [2.75, 3.05) is 7.11 Å². The van der Waals surface area contributed by atoms with Crippen molar-refractivity contribution in [1.82, 2.24) is 5.43 Å². The first-order valence-corrected chi connectivity index (χ1v) is 6.58. The molecule has 0 aromatic heterocycles. The molecule has 6 nitrogen and oxygen atoms in total. The van der Waals surface area contributed by atoms with Crippen LogP contribution in [0.3, 0.4) is 0 Å². The van der Waals surface area contributed by atoms with E-state index in [9.17, 15) is 15.0 Å². The second-order valence-corrected chi connectivity index (χ2v) is 4.70. The number of benzene rings is 2. The first-order chi connectivity index (χ1) is 10.5. The molecule has 0 saturated heterocycles. The fraction of sp³-hybridized carbons (Fsp3) is 0.0667. The second kappa shape index (κ2) is 6.82. The summed E-state index contributed by atoms with van der Waals surface area (Å²) in [7, 11) is 1.43. The molecule has 0 fully saturated rings. The molecule has 2 aromatic carbocycles. The van der Waals surface area contributed by atoms with Gasteiger partial charge in [-0.15, -0.1) is 0 Å². The number of nitrogens with zero attached hydrogens (tertiary/aromatic N) is 1. The fourth-order valence-electron chi connectivity index (χ4n) is 1.72. The fourth-order valence-corrected chi connectivity index (χ4v) is 1.89. The maximum absolute atomic E-state index is 11.9. The smallest absolute Gasteiger partial charge is 0.275 e. The van der Waals surface area contributed by atoms with Gasteiger partial charge in [0.2, 0.25) is 0 Å². The normalized spacial score (nSPS) is 10.6. The lowest BCUT2D eigenvalue weighted by Crippen LogP contribution is -2.17. The molecule has 0 spiro atoms. The highest BCUT2D eigenvalue weighted by atomic mass is 35.5. The van der Waals surface area contributed by atoms with Gasteiger partial charge in [-0.1, -0.05) is 17.7 Å². The number of rotatable bonds is 4. The molecule has 3 N–H and O–H groups in total. The third-order valence-electron chi connectivity index (χ3n) is 2.82. The Bertz CT molecular complexity index is 731. The van der Waals surface area contributed by atoms with E-state index in [1.165, 1.54) is 31.5 Å². The van der Waals surface area contributed by atoms with Crippen LogP contribution in [-0.2, 0) is 0 Å². The summed E-state index contributed by atoms with van der Waals surface area (Å²) in [5.74, 6) is -0.628. The lowest BCUT2D eigenvalue weighted by atomic mass is 10.2. The number of halogens is 1. The van der Waals surface area contributed by atoms with Crippen molar-refractivity contribution in [3.05, 3.63) is 52.5 Å². The van der Waals surface area contributed by atoms with E-state index in [1.54, 1.807) is 18.2 Å². The molecule has 0 bridgehead atoms. The average Bonchev–Trinajstić information content (AvgIpc) is 2.51. The monoisotopic (exact) mass is 320 g/mol. The predicted octanol–water partition coefficient (Wildman–Crippen LogP) is 2.52. The van der Waals surface area contributed by atoms with Crippen LogP contribution in [0.5, 0.6) is 17.2 Å². The molecular weight excluding hydrogens is 308 g/mol. The van der Waals surface area contributed by atoms with Crippen LogP contribution in [0.25, 0.3) is 0 Å². The van der Waals surface area contributed by atoms with Gasteiger partial charge in [-0.25, -0.2) is 5.43 Å². The summed E-state index contributed by atoms with van der Waals surface area (Å²) in [6, 6.07) is 8.97. The molecule has 114 valence electrons. The van der Waals surface area contributed by atoms with Crippen LogP contribution in [0.15, 0.2) is 41.5 Å². The Labute approximate surface area is 131 Å².